The summed E-state index contributed by atoms with van der Waals surface area (Å²) in [7, 11) is 0. The lowest BCUT2D eigenvalue weighted by Crippen LogP contribution is -2.61. The summed E-state index contributed by atoms with van der Waals surface area (Å²) in [4.78, 5) is 0.677. The molecule has 0 saturated carbocycles. The molecule has 0 fully saturated rings. The highest BCUT2D eigenvalue weighted by Crippen LogP contribution is 2.06. The first-order valence-corrected chi connectivity index (χ1v) is 6.05. The van der Waals surface area contributed by atoms with Gasteiger partial charge in [-0.3, -0.25) is 10.9 Å². The van der Waals surface area contributed by atoms with Crippen molar-refractivity contribution in [3.8, 4) is 0 Å². The van der Waals surface area contributed by atoms with Crippen LogP contribution in [0.5, 0.6) is 0 Å². The topological polar surface area (TPSA) is 30.5 Å². The number of hydrogen-bond acceptors (Lipinski definition) is 5. The van der Waals surface area contributed by atoms with Crippen molar-refractivity contribution in [1.82, 2.24) is 21.1 Å². The summed E-state index contributed by atoms with van der Waals surface area (Å²) in [6, 6.07) is 0. The van der Waals surface area contributed by atoms with E-state index in [1.807, 2.05) is 5.23 Å². The van der Waals surface area contributed by atoms with Crippen LogP contribution in [0.1, 0.15) is 26.7 Å². The van der Waals surface area contributed by atoms with Crippen LogP contribution >= 0.6 is 24.8 Å². The predicted octanol–water partition coefficient (Wildman–Crippen LogP) is 1.45. The summed E-state index contributed by atoms with van der Waals surface area (Å²) in [5.74, 6) is 0. The van der Waals surface area contributed by atoms with Crippen LogP contribution in [0.15, 0.2) is 11.1 Å². The molecule has 0 aromatic rings. The highest BCUT2D eigenvalue weighted by molar-refractivity contribution is 7.84. The number of nitrogens with one attached hydrogen (secondary N) is 2. The number of thiocarbonyl (C=S) groups is 1. The second-order valence-electron chi connectivity index (χ2n) is 3.38. The third-order valence-corrected chi connectivity index (χ3v) is 2.39. The van der Waals surface area contributed by atoms with E-state index in [-0.39, 0.29) is 0 Å². The predicted molar refractivity (Wildman–Crippen MR) is 69.9 cm³/mol. The summed E-state index contributed by atoms with van der Waals surface area (Å²) < 4.78 is 0. The third kappa shape index (κ3) is 3.98. The smallest absolute Gasteiger partial charge is 0.118 e. The van der Waals surface area contributed by atoms with Crippen molar-refractivity contribution < 1.29 is 0 Å². The van der Waals surface area contributed by atoms with Gasteiger partial charge in [-0.05, 0) is 12.8 Å². The fraction of sp³-hybridized carbons (Fsp3) is 0.667. The molecule has 6 heteroatoms. The average Bonchev–Trinajstić information content (AvgIpc) is 2.16. The number of thiol groups is 1. The van der Waals surface area contributed by atoms with Crippen LogP contribution in [0.2, 0.25) is 0 Å². The molecular weight excluding hydrogens is 228 g/mol. The molecule has 0 atom stereocenters. The zero-order valence-corrected chi connectivity index (χ0v) is 10.9. The fourth-order valence-electron chi connectivity index (χ4n) is 1.40. The minimum atomic E-state index is 0.677. The minimum absolute atomic E-state index is 0.677. The molecule has 1 aliphatic rings. The van der Waals surface area contributed by atoms with Gasteiger partial charge in [0.05, 0.1) is 5.03 Å². The van der Waals surface area contributed by atoms with Crippen LogP contribution in [0.4, 0.5) is 0 Å². The van der Waals surface area contributed by atoms with E-state index in [4.69, 9.17) is 12.2 Å². The summed E-state index contributed by atoms with van der Waals surface area (Å²) in [6.45, 7) is 6.28. The highest BCUT2D eigenvalue weighted by atomic mass is 32.1. The molecule has 0 aromatic heterocycles. The lowest BCUT2D eigenvalue weighted by atomic mass is 10.4. The lowest BCUT2D eigenvalue weighted by Gasteiger charge is -2.37. The Hall–Kier alpha value is -0.300. The Balaban J connectivity index is 2.60. The monoisotopic (exact) mass is 246 g/mol. The van der Waals surface area contributed by atoms with Crippen LogP contribution in [0.3, 0.4) is 0 Å². The fourth-order valence-corrected chi connectivity index (χ4v) is 1.91. The van der Waals surface area contributed by atoms with E-state index in [1.165, 1.54) is 0 Å². The van der Waals surface area contributed by atoms with Gasteiger partial charge in [-0.1, -0.05) is 31.3 Å². The normalized spacial score (nSPS) is 17.3. The van der Waals surface area contributed by atoms with E-state index in [1.54, 1.807) is 6.08 Å². The van der Waals surface area contributed by atoms with E-state index in [0.29, 0.717) is 4.99 Å². The molecule has 0 radical (unpaired) electrons. The van der Waals surface area contributed by atoms with Crippen molar-refractivity contribution in [2.75, 3.05) is 13.1 Å². The molecule has 1 rings (SSSR count). The Labute approximate surface area is 102 Å². The van der Waals surface area contributed by atoms with Crippen molar-refractivity contribution in [1.29, 1.82) is 0 Å². The van der Waals surface area contributed by atoms with E-state index in [0.717, 1.165) is 31.0 Å². The van der Waals surface area contributed by atoms with Gasteiger partial charge in [-0.25, -0.2) is 5.01 Å². The van der Waals surface area contributed by atoms with E-state index in [9.17, 15) is 0 Å². The quantitative estimate of drug-likeness (QED) is 0.505. The first kappa shape index (κ1) is 12.8. The number of hydrazine groups is 3. The maximum Gasteiger partial charge on any atom is 0.118 e. The van der Waals surface area contributed by atoms with E-state index in [2.05, 4.69) is 42.3 Å². The van der Waals surface area contributed by atoms with Gasteiger partial charge in [0, 0.05) is 19.2 Å². The van der Waals surface area contributed by atoms with Gasteiger partial charge in [0.2, 0.25) is 0 Å². The SMILES string of the molecule is CCCN(CCC)N1NC(=S)C=C(S)N1. The molecule has 1 heterocycles. The molecule has 1 aliphatic heterocycles. The first-order valence-electron chi connectivity index (χ1n) is 5.20. The number of nitrogens with zero attached hydrogens (tertiary/aromatic N) is 2. The lowest BCUT2D eigenvalue weighted by molar-refractivity contribution is -0.0851. The zero-order chi connectivity index (χ0) is 11.3. The van der Waals surface area contributed by atoms with Gasteiger partial charge in [-0.15, -0.1) is 12.6 Å². The molecular formula is C9H18N4S2. The van der Waals surface area contributed by atoms with Crippen molar-refractivity contribution in [2.24, 2.45) is 0 Å². The summed E-state index contributed by atoms with van der Waals surface area (Å²) in [6.07, 6.45) is 3.97. The standard InChI is InChI=1S/C9H18N4S2/c1-3-5-12(6-4-2)13-10-8(14)7-9(15)11-13/h7,10,14H,3-6H2,1-2H3,(H,11,15). The molecule has 4 nitrogen and oxygen atoms in total. The Morgan fingerprint density at radius 2 is 1.93 bits per heavy atom. The molecule has 86 valence electrons. The average molecular weight is 246 g/mol. The first-order chi connectivity index (χ1) is 7.17. The van der Waals surface area contributed by atoms with Crippen LogP contribution in [0, 0.1) is 0 Å². The molecule has 0 spiro atoms. The molecule has 0 amide bonds. The maximum atomic E-state index is 5.10. The minimum Gasteiger partial charge on any atom is -0.281 e. The molecule has 2 N–H and O–H groups in total. The van der Waals surface area contributed by atoms with Crippen LogP contribution in [-0.4, -0.2) is 28.3 Å². The summed E-state index contributed by atoms with van der Waals surface area (Å²) >= 11 is 9.37. The molecule has 0 unspecified atom stereocenters. The maximum absolute atomic E-state index is 5.10. The second kappa shape index (κ2) is 6.32. The van der Waals surface area contributed by atoms with Crippen LogP contribution in [0.25, 0.3) is 0 Å². The molecule has 0 bridgehead atoms. The van der Waals surface area contributed by atoms with Crippen molar-refractivity contribution in [3.63, 3.8) is 0 Å². The van der Waals surface area contributed by atoms with Crippen LogP contribution in [-0.2, 0) is 0 Å². The Morgan fingerprint density at radius 1 is 1.33 bits per heavy atom. The van der Waals surface area contributed by atoms with Gasteiger partial charge in [-0.2, -0.15) is 0 Å². The molecule has 0 saturated heterocycles. The van der Waals surface area contributed by atoms with Gasteiger partial charge < -0.3 is 0 Å². The summed E-state index contributed by atoms with van der Waals surface area (Å²) in [5, 5.41) is 4.75. The number of rotatable bonds is 5. The molecule has 0 aromatic carbocycles. The largest absolute Gasteiger partial charge is 0.281 e. The Bertz CT molecular complexity index is 248. The second-order valence-corrected chi connectivity index (χ2v) is 4.30. The van der Waals surface area contributed by atoms with Crippen molar-refractivity contribution >= 4 is 29.8 Å². The van der Waals surface area contributed by atoms with E-state index < -0.39 is 0 Å². The molecule has 0 aliphatic carbocycles. The highest BCUT2D eigenvalue weighted by Gasteiger charge is 2.18. The van der Waals surface area contributed by atoms with Gasteiger partial charge in [0.15, 0.2) is 0 Å². The Kier molecular flexibility index (Phi) is 5.38. The Morgan fingerprint density at radius 3 is 2.40 bits per heavy atom. The molecule has 15 heavy (non-hydrogen) atoms. The van der Waals surface area contributed by atoms with Gasteiger partial charge in [0.1, 0.15) is 4.99 Å². The van der Waals surface area contributed by atoms with Crippen molar-refractivity contribution in [3.05, 3.63) is 11.1 Å². The van der Waals surface area contributed by atoms with Crippen molar-refractivity contribution in [2.45, 2.75) is 26.7 Å². The number of hydrogen-bond donors (Lipinski definition) is 3. The van der Waals surface area contributed by atoms with Crippen LogP contribution < -0.4 is 10.9 Å². The van der Waals surface area contributed by atoms with Gasteiger partial charge >= 0.3 is 0 Å². The third-order valence-electron chi connectivity index (χ3n) is 1.95. The van der Waals surface area contributed by atoms with Gasteiger partial charge in [0.25, 0.3) is 0 Å². The van der Waals surface area contributed by atoms with E-state index >= 15 is 0 Å². The zero-order valence-electron chi connectivity index (χ0n) is 9.16. The summed E-state index contributed by atoms with van der Waals surface area (Å²) in [5.41, 5.74) is 6.17.